The van der Waals surface area contributed by atoms with Crippen LogP contribution in [0.25, 0.3) is 0 Å². The van der Waals surface area contributed by atoms with Crippen LogP contribution < -0.4 is 10.5 Å². The monoisotopic (exact) mass is 291 g/mol. The van der Waals surface area contributed by atoms with E-state index in [0.29, 0.717) is 17.6 Å². The maximum absolute atomic E-state index is 8.83. The van der Waals surface area contributed by atoms with Crippen LogP contribution in [0.5, 0.6) is 5.75 Å². The zero-order chi connectivity index (χ0) is 15.4. The van der Waals surface area contributed by atoms with Crippen LogP contribution in [0.2, 0.25) is 0 Å². The molecule has 2 rings (SSSR count). The fraction of sp³-hybridized carbons (Fsp3) is 0.562. The molecule has 0 spiro atoms. The highest BCUT2D eigenvalue weighted by molar-refractivity contribution is 5.97. The van der Waals surface area contributed by atoms with E-state index >= 15 is 0 Å². The van der Waals surface area contributed by atoms with Crippen LogP contribution >= 0.6 is 0 Å². The first-order chi connectivity index (χ1) is 10.1. The van der Waals surface area contributed by atoms with Crippen molar-refractivity contribution in [1.29, 1.82) is 0 Å². The number of likely N-dealkylation sites (tertiary alicyclic amines) is 1. The molecule has 3 N–H and O–H groups in total. The van der Waals surface area contributed by atoms with E-state index in [2.05, 4.69) is 23.9 Å². The SMILES string of the molecule is COc1ccc(/C(N)=N/O)cc1CN1[C@H](C)CCC[C@@H]1C. The van der Waals surface area contributed by atoms with E-state index in [1.54, 1.807) is 13.2 Å². The van der Waals surface area contributed by atoms with Gasteiger partial charge in [-0.3, -0.25) is 4.90 Å². The number of rotatable bonds is 4. The summed E-state index contributed by atoms with van der Waals surface area (Å²) >= 11 is 0. The molecular weight excluding hydrogens is 266 g/mol. The van der Waals surface area contributed by atoms with Gasteiger partial charge < -0.3 is 15.7 Å². The minimum atomic E-state index is 0.124. The number of benzene rings is 1. The van der Waals surface area contributed by atoms with Crippen LogP contribution in [0.3, 0.4) is 0 Å². The number of ether oxygens (including phenoxy) is 1. The molecule has 0 amide bonds. The van der Waals surface area contributed by atoms with Gasteiger partial charge in [0.2, 0.25) is 0 Å². The minimum Gasteiger partial charge on any atom is -0.496 e. The predicted molar refractivity (Wildman–Crippen MR) is 83.8 cm³/mol. The minimum absolute atomic E-state index is 0.124. The molecule has 0 saturated carbocycles. The van der Waals surface area contributed by atoms with Crippen molar-refractivity contribution in [3.63, 3.8) is 0 Å². The maximum Gasteiger partial charge on any atom is 0.170 e. The highest BCUT2D eigenvalue weighted by atomic mass is 16.5. The molecule has 0 unspecified atom stereocenters. The highest BCUT2D eigenvalue weighted by Gasteiger charge is 2.25. The lowest BCUT2D eigenvalue weighted by Crippen LogP contribution is -2.43. The van der Waals surface area contributed by atoms with Gasteiger partial charge in [-0.2, -0.15) is 0 Å². The number of nitrogens with two attached hydrogens (primary N) is 1. The number of methoxy groups -OCH3 is 1. The molecule has 21 heavy (non-hydrogen) atoms. The Morgan fingerprint density at radius 3 is 2.62 bits per heavy atom. The van der Waals surface area contributed by atoms with Crippen LogP contribution in [0.15, 0.2) is 23.4 Å². The van der Waals surface area contributed by atoms with Crippen molar-refractivity contribution in [2.45, 2.75) is 51.7 Å². The van der Waals surface area contributed by atoms with Gasteiger partial charge in [0.25, 0.3) is 0 Å². The standard InChI is InChI=1S/C16H25N3O2/c1-11-5-4-6-12(2)19(11)10-14-9-13(16(17)18-20)7-8-15(14)21-3/h7-9,11-12,20H,4-6,10H2,1-3H3,(H2,17,18)/t11-,12+. The Bertz CT molecular complexity index is 506. The Morgan fingerprint density at radius 2 is 2.05 bits per heavy atom. The van der Waals surface area contributed by atoms with E-state index in [0.717, 1.165) is 17.9 Å². The van der Waals surface area contributed by atoms with Gasteiger partial charge in [0.15, 0.2) is 5.84 Å². The molecular formula is C16H25N3O2. The molecule has 1 aliphatic heterocycles. The van der Waals surface area contributed by atoms with E-state index in [4.69, 9.17) is 15.7 Å². The molecule has 1 aromatic carbocycles. The number of oxime groups is 1. The van der Waals surface area contributed by atoms with Crippen molar-refractivity contribution in [3.05, 3.63) is 29.3 Å². The van der Waals surface area contributed by atoms with Crippen molar-refractivity contribution in [3.8, 4) is 5.75 Å². The van der Waals surface area contributed by atoms with Crippen molar-refractivity contribution < 1.29 is 9.94 Å². The van der Waals surface area contributed by atoms with Crippen molar-refractivity contribution >= 4 is 5.84 Å². The summed E-state index contributed by atoms with van der Waals surface area (Å²) in [6, 6.07) is 6.75. The summed E-state index contributed by atoms with van der Waals surface area (Å²) < 4.78 is 5.46. The Hall–Kier alpha value is -1.75. The molecule has 116 valence electrons. The first kappa shape index (κ1) is 15.6. The van der Waals surface area contributed by atoms with Crippen LogP contribution in [0, 0.1) is 0 Å². The van der Waals surface area contributed by atoms with Gasteiger partial charge in [-0.05, 0) is 44.9 Å². The third-order valence-corrected chi connectivity index (χ3v) is 4.41. The van der Waals surface area contributed by atoms with Crippen LogP contribution in [-0.2, 0) is 6.54 Å². The zero-order valence-corrected chi connectivity index (χ0v) is 13.0. The molecule has 5 heteroatoms. The highest BCUT2D eigenvalue weighted by Crippen LogP contribution is 2.28. The van der Waals surface area contributed by atoms with Gasteiger partial charge in [-0.1, -0.05) is 11.6 Å². The molecule has 1 aromatic rings. The summed E-state index contributed by atoms with van der Waals surface area (Å²) in [4.78, 5) is 2.50. The molecule has 5 nitrogen and oxygen atoms in total. The topological polar surface area (TPSA) is 71.1 Å². The quantitative estimate of drug-likeness (QED) is 0.387. The van der Waals surface area contributed by atoms with Crippen LogP contribution in [0.4, 0.5) is 0 Å². The average molecular weight is 291 g/mol. The van der Waals surface area contributed by atoms with E-state index < -0.39 is 0 Å². The fourth-order valence-corrected chi connectivity index (χ4v) is 3.10. The molecule has 1 aliphatic rings. The molecule has 0 aliphatic carbocycles. The molecule has 0 aromatic heterocycles. The normalized spacial score (nSPS) is 24.0. The molecule has 1 fully saturated rings. The summed E-state index contributed by atoms with van der Waals surface area (Å²) in [5.41, 5.74) is 7.47. The Labute approximate surface area is 126 Å². The summed E-state index contributed by atoms with van der Waals surface area (Å²) in [5.74, 6) is 0.966. The van der Waals surface area contributed by atoms with Crippen molar-refractivity contribution in [2.24, 2.45) is 10.9 Å². The van der Waals surface area contributed by atoms with Gasteiger partial charge >= 0.3 is 0 Å². The lowest BCUT2D eigenvalue weighted by molar-refractivity contribution is 0.0943. The second-order valence-electron chi connectivity index (χ2n) is 5.81. The first-order valence-corrected chi connectivity index (χ1v) is 7.47. The van der Waals surface area contributed by atoms with Gasteiger partial charge in [-0.25, -0.2) is 0 Å². The van der Waals surface area contributed by atoms with E-state index in [9.17, 15) is 0 Å². The third-order valence-electron chi connectivity index (χ3n) is 4.41. The van der Waals surface area contributed by atoms with E-state index in [1.165, 1.54) is 19.3 Å². The average Bonchev–Trinajstić information content (AvgIpc) is 2.50. The molecule has 2 atom stereocenters. The van der Waals surface area contributed by atoms with Gasteiger partial charge in [0.1, 0.15) is 5.75 Å². The summed E-state index contributed by atoms with van der Waals surface area (Å²) in [7, 11) is 1.67. The Morgan fingerprint density at radius 1 is 1.38 bits per heavy atom. The largest absolute Gasteiger partial charge is 0.496 e. The number of nitrogens with zero attached hydrogens (tertiary/aromatic N) is 2. The lowest BCUT2D eigenvalue weighted by Gasteiger charge is -2.39. The molecule has 1 saturated heterocycles. The number of hydrogen-bond donors (Lipinski definition) is 2. The van der Waals surface area contributed by atoms with Crippen molar-refractivity contribution in [2.75, 3.05) is 7.11 Å². The first-order valence-electron chi connectivity index (χ1n) is 7.47. The van der Waals surface area contributed by atoms with Crippen LogP contribution in [0.1, 0.15) is 44.2 Å². The second-order valence-corrected chi connectivity index (χ2v) is 5.81. The van der Waals surface area contributed by atoms with Gasteiger partial charge in [0, 0.05) is 29.8 Å². The van der Waals surface area contributed by atoms with Crippen LogP contribution in [-0.4, -0.2) is 35.1 Å². The number of piperidine rings is 1. The Kier molecular flexibility index (Phi) is 5.07. The van der Waals surface area contributed by atoms with Gasteiger partial charge in [-0.15, -0.1) is 0 Å². The second kappa shape index (κ2) is 6.80. The van der Waals surface area contributed by atoms with E-state index in [-0.39, 0.29) is 5.84 Å². The number of hydrogen-bond acceptors (Lipinski definition) is 4. The maximum atomic E-state index is 8.83. The Balaban J connectivity index is 2.28. The summed E-state index contributed by atoms with van der Waals surface area (Å²) in [6.45, 7) is 5.36. The zero-order valence-electron chi connectivity index (χ0n) is 13.0. The van der Waals surface area contributed by atoms with Crippen molar-refractivity contribution in [1.82, 2.24) is 4.90 Å². The molecule has 1 heterocycles. The molecule has 0 bridgehead atoms. The third kappa shape index (κ3) is 3.47. The number of amidine groups is 1. The fourth-order valence-electron chi connectivity index (χ4n) is 3.10. The molecule has 0 radical (unpaired) electrons. The van der Waals surface area contributed by atoms with E-state index in [1.807, 2.05) is 12.1 Å². The lowest BCUT2D eigenvalue weighted by atomic mass is 9.96. The summed E-state index contributed by atoms with van der Waals surface area (Å²) in [5, 5.41) is 11.9. The predicted octanol–water partition coefficient (Wildman–Crippen LogP) is 2.55. The van der Waals surface area contributed by atoms with Gasteiger partial charge in [0.05, 0.1) is 7.11 Å². The summed E-state index contributed by atoms with van der Waals surface area (Å²) in [6.07, 6.45) is 3.75. The smallest absolute Gasteiger partial charge is 0.170 e.